The number of rotatable bonds is 6. The number of likely N-dealkylation sites (tertiary alicyclic amines) is 1. The Labute approximate surface area is 134 Å². The Morgan fingerprint density at radius 2 is 2.09 bits per heavy atom. The van der Waals surface area contributed by atoms with Gasteiger partial charge in [-0.05, 0) is 31.5 Å². The predicted molar refractivity (Wildman–Crippen MR) is 94.2 cm³/mol. The maximum absolute atomic E-state index is 6.04. The van der Waals surface area contributed by atoms with Gasteiger partial charge in [0.1, 0.15) is 0 Å². The average Bonchev–Trinajstić information content (AvgIpc) is 2.99. The van der Waals surface area contributed by atoms with Gasteiger partial charge in [-0.1, -0.05) is 51.1 Å². The van der Waals surface area contributed by atoms with Gasteiger partial charge in [-0.3, -0.25) is 9.89 Å². The SMILES string of the molecule is CCN1CCCC1CNC(N)=NCC(C)(C)c1ccccc1. The molecule has 1 fully saturated rings. The van der Waals surface area contributed by atoms with Gasteiger partial charge in [0.2, 0.25) is 0 Å². The number of guanidine groups is 1. The Bertz CT molecular complexity index is 481. The van der Waals surface area contributed by atoms with Gasteiger partial charge in [0.15, 0.2) is 5.96 Å². The molecule has 0 aromatic heterocycles. The van der Waals surface area contributed by atoms with Crippen LogP contribution in [0.4, 0.5) is 0 Å². The first-order valence-electron chi connectivity index (χ1n) is 8.36. The van der Waals surface area contributed by atoms with Crippen LogP contribution in [0, 0.1) is 0 Å². The van der Waals surface area contributed by atoms with Gasteiger partial charge < -0.3 is 11.1 Å². The molecule has 0 spiro atoms. The standard InChI is InChI=1S/C18H30N4/c1-4-22-12-8-11-16(22)13-20-17(19)21-14-18(2,3)15-9-6-5-7-10-15/h5-7,9-10,16H,4,8,11-14H2,1-3H3,(H3,19,20,21). The molecule has 1 unspecified atom stereocenters. The fraction of sp³-hybridized carbons (Fsp3) is 0.611. The number of aliphatic imine (C=N–C) groups is 1. The zero-order valence-electron chi connectivity index (χ0n) is 14.2. The smallest absolute Gasteiger partial charge is 0.188 e. The minimum absolute atomic E-state index is 0.00360. The average molecular weight is 302 g/mol. The third kappa shape index (κ3) is 4.47. The molecular weight excluding hydrogens is 272 g/mol. The van der Waals surface area contributed by atoms with Crippen molar-refractivity contribution in [3.63, 3.8) is 0 Å². The highest BCUT2D eigenvalue weighted by Gasteiger charge is 2.23. The molecule has 1 heterocycles. The zero-order valence-corrected chi connectivity index (χ0v) is 14.2. The third-order valence-electron chi connectivity index (χ3n) is 4.62. The quantitative estimate of drug-likeness (QED) is 0.626. The van der Waals surface area contributed by atoms with Crippen LogP contribution >= 0.6 is 0 Å². The summed E-state index contributed by atoms with van der Waals surface area (Å²) < 4.78 is 0. The summed E-state index contributed by atoms with van der Waals surface area (Å²) in [6.07, 6.45) is 2.54. The van der Waals surface area contributed by atoms with Gasteiger partial charge in [0, 0.05) is 18.0 Å². The third-order valence-corrected chi connectivity index (χ3v) is 4.62. The monoisotopic (exact) mass is 302 g/mol. The van der Waals surface area contributed by atoms with E-state index >= 15 is 0 Å². The molecule has 4 nitrogen and oxygen atoms in total. The van der Waals surface area contributed by atoms with E-state index in [2.05, 4.69) is 60.2 Å². The maximum atomic E-state index is 6.04. The lowest BCUT2D eigenvalue weighted by atomic mass is 9.85. The van der Waals surface area contributed by atoms with Crippen LogP contribution in [0.2, 0.25) is 0 Å². The molecule has 0 radical (unpaired) electrons. The number of hydrogen-bond acceptors (Lipinski definition) is 2. The van der Waals surface area contributed by atoms with Gasteiger partial charge in [-0.2, -0.15) is 0 Å². The molecule has 1 saturated heterocycles. The van der Waals surface area contributed by atoms with Gasteiger partial charge in [-0.25, -0.2) is 0 Å². The van der Waals surface area contributed by atoms with Crippen LogP contribution < -0.4 is 11.1 Å². The van der Waals surface area contributed by atoms with Crippen molar-refractivity contribution in [3.8, 4) is 0 Å². The molecule has 1 aromatic rings. The highest BCUT2D eigenvalue weighted by atomic mass is 15.2. The summed E-state index contributed by atoms with van der Waals surface area (Å²) in [5.74, 6) is 0.562. The van der Waals surface area contributed by atoms with Crippen molar-refractivity contribution >= 4 is 5.96 Å². The van der Waals surface area contributed by atoms with Crippen LogP contribution in [0.15, 0.2) is 35.3 Å². The number of benzene rings is 1. The Kier molecular flexibility index (Phi) is 5.83. The number of hydrogen-bond donors (Lipinski definition) is 2. The van der Waals surface area contributed by atoms with E-state index in [4.69, 9.17) is 5.73 Å². The van der Waals surface area contributed by atoms with Crippen molar-refractivity contribution in [3.05, 3.63) is 35.9 Å². The van der Waals surface area contributed by atoms with E-state index in [1.54, 1.807) is 0 Å². The zero-order chi connectivity index (χ0) is 16.0. The summed E-state index contributed by atoms with van der Waals surface area (Å²) in [5, 5.41) is 3.30. The van der Waals surface area contributed by atoms with Gasteiger partial charge in [0.25, 0.3) is 0 Å². The summed E-state index contributed by atoms with van der Waals surface area (Å²) >= 11 is 0. The topological polar surface area (TPSA) is 53.6 Å². The maximum Gasteiger partial charge on any atom is 0.188 e. The van der Waals surface area contributed by atoms with E-state index in [9.17, 15) is 0 Å². The van der Waals surface area contributed by atoms with E-state index in [1.807, 2.05) is 6.07 Å². The lowest BCUT2D eigenvalue weighted by Crippen LogP contribution is -2.43. The fourth-order valence-electron chi connectivity index (χ4n) is 3.08. The molecule has 1 atom stereocenters. The summed E-state index contributed by atoms with van der Waals surface area (Å²) in [6.45, 7) is 10.5. The van der Waals surface area contributed by atoms with E-state index in [1.165, 1.54) is 24.9 Å². The molecule has 3 N–H and O–H groups in total. The van der Waals surface area contributed by atoms with Gasteiger partial charge in [-0.15, -0.1) is 0 Å². The minimum Gasteiger partial charge on any atom is -0.370 e. The number of nitrogens with zero attached hydrogens (tertiary/aromatic N) is 2. The second kappa shape index (κ2) is 7.63. The highest BCUT2D eigenvalue weighted by molar-refractivity contribution is 5.77. The molecular formula is C18H30N4. The molecule has 1 aromatic carbocycles. The Morgan fingerprint density at radius 1 is 1.36 bits per heavy atom. The van der Waals surface area contributed by atoms with Crippen molar-refractivity contribution in [1.82, 2.24) is 10.2 Å². The first kappa shape index (κ1) is 16.8. The summed E-state index contributed by atoms with van der Waals surface area (Å²) in [5.41, 5.74) is 7.33. The number of nitrogens with two attached hydrogens (primary N) is 1. The summed E-state index contributed by atoms with van der Waals surface area (Å²) in [6, 6.07) is 11.1. The molecule has 22 heavy (non-hydrogen) atoms. The van der Waals surface area contributed by atoms with Crippen molar-refractivity contribution < 1.29 is 0 Å². The molecule has 0 aliphatic carbocycles. The largest absolute Gasteiger partial charge is 0.370 e. The summed E-state index contributed by atoms with van der Waals surface area (Å²) in [7, 11) is 0. The number of likely N-dealkylation sites (N-methyl/N-ethyl adjacent to an activating group) is 1. The molecule has 2 rings (SSSR count). The summed E-state index contributed by atoms with van der Waals surface area (Å²) in [4.78, 5) is 7.06. The molecule has 1 aliphatic rings. The van der Waals surface area contributed by atoms with Gasteiger partial charge in [0.05, 0.1) is 6.54 Å². The minimum atomic E-state index is -0.00360. The van der Waals surface area contributed by atoms with Crippen LogP contribution in [0.1, 0.15) is 39.2 Å². The molecule has 0 bridgehead atoms. The molecule has 1 aliphatic heterocycles. The fourth-order valence-corrected chi connectivity index (χ4v) is 3.08. The van der Waals surface area contributed by atoms with Crippen molar-refractivity contribution in [1.29, 1.82) is 0 Å². The van der Waals surface area contributed by atoms with Crippen LogP contribution in [-0.4, -0.2) is 43.1 Å². The van der Waals surface area contributed by atoms with Crippen LogP contribution in [0.3, 0.4) is 0 Å². The van der Waals surface area contributed by atoms with E-state index < -0.39 is 0 Å². The van der Waals surface area contributed by atoms with Crippen molar-refractivity contribution in [2.24, 2.45) is 10.7 Å². The van der Waals surface area contributed by atoms with Crippen LogP contribution in [0.25, 0.3) is 0 Å². The second-order valence-corrected chi connectivity index (χ2v) is 6.76. The molecule has 4 heteroatoms. The molecule has 0 amide bonds. The Hall–Kier alpha value is -1.55. The first-order chi connectivity index (χ1) is 10.5. The molecule has 122 valence electrons. The predicted octanol–water partition coefficient (Wildman–Crippen LogP) is 2.35. The highest BCUT2D eigenvalue weighted by Crippen LogP contribution is 2.22. The van der Waals surface area contributed by atoms with Crippen LogP contribution in [-0.2, 0) is 5.41 Å². The van der Waals surface area contributed by atoms with E-state index in [0.29, 0.717) is 18.5 Å². The molecule has 0 saturated carbocycles. The lowest BCUT2D eigenvalue weighted by Gasteiger charge is -2.24. The second-order valence-electron chi connectivity index (χ2n) is 6.76. The normalized spacial score (nSPS) is 20.3. The lowest BCUT2D eigenvalue weighted by molar-refractivity contribution is 0.267. The Morgan fingerprint density at radius 3 is 2.77 bits per heavy atom. The number of nitrogens with one attached hydrogen (secondary N) is 1. The van der Waals surface area contributed by atoms with E-state index in [-0.39, 0.29) is 5.41 Å². The van der Waals surface area contributed by atoms with Crippen molar-refractivity contribution in [2.45, 2.75) is 45.1 Å². The Balaban J connectivity index is 1.84. The first-order valence-corrected chi connectivity index (χ1v) is 8.36. The van der Waals surface area contributed by atoms with Crippen molar-refractivity contribution in [2.75, 3.05) is 26.2 Å². The van der Waals surface area contributed by atoms with Gasteiger partial charge >= 0.3 is 0 Å². The van der Waals surface area contributed by atoms with Crippen LogP contribution in [0.5, 0.6) is 0 Å². The van der Waals surface area contributed by atoms with E-state index in [0.717, 1.165) is 13.1 Å².